The third-order valence-corrected chi connectivity index (χ3v) is 6.85. The molecule has 43 heavy (non-hydrogen) atoms. The van der Waals surface area contributed by atoms with Gasteiger partial charge in [-0.1, -0.05) is 32.2 Å². The second-order valence-corrected chi connectivity index (χ2v) is 9.81. The van der Waals surface area contributed by atoms with E-state index in [2.05, 4.69) is 20.1 Å². The van der Waals surface area contributed by atoms with Crippen LogP contribution < -0.4 is 14.2 Å². The highest BCUT2D eigenvalue weighted by Gasteiger charge is 2.27. The van der Waals surface area contributed by atoms with Crippen molar-refractivity contribution in [1.82, 2.24) is 0 Å². The maximum Gasteiger partial charge on any atom is 0.343 e. The summed E-state index contributed by atoms with van der Waals surface area (Å²) in [6.07, 6.45) is 2.60. The van der Waals surface area contributed by atoms with Gasteiger partial charge in [-0.15, -0.1) is 0 Å². The molecule has 1 unspecified atom stereocenters. The monoisotopic (exact) mass is 586 g/mol. The minimum Gasteiger partial charge on any atom is -0.494 e. The van der Waals surface area contributed by atoms with Gasteiger partial charge in [-0.05, 0) is 83.6 Å². The molecule has 0 amide bonds. The molecule has 0 aromatic heterocycles. The normalized spacial score (nSPS) is 12.8. The molecular formula is C34H34O9. The molecule has 1 aliphatic rings. The van der Waals surface area contributed by atoms with E-state index in [1.165, 1.54) is 0 Å². The molecule has 0 heterocycles. The van der Waals surface area contributed by atoms with Gasteiger partial charge < -0.3 is 28.8 Å². The molecule has 0 saturated carbocycles. The molecule has 0 aliphatic heterocycles. The lowest BCUT2D eigenvalue weighted by Crippen LogP contribution is -2.15. The number of hydrogen-bond donors (Lipinski definition) is 1. The summed E-state index contributed by atoms with van der Waals surface area (Å²) in [5.74, 6) is 0.134. The summed E-state index contributed by atoms with van der Waals surface area (Å²) in [7, 11) is 0. The topological polar surface area (TPSA) is 118 Å². The molecule has 3 aromatic rings. The first kappa shape index (κ1) is 31.1. The van der Waals surface area contributed by atoms with E-state index in [0.717, 1.165) is 40.5 Å². The van der Waals surface area contributed by atoms with Crippen LogP contribution in [0.1, 0.15) is 47.2 Å². The van der Waals surface area contributed by atoms with Gasteiger partial charge >= 0.3 is 17.9 Å². The van der Waals surface area contributed by atoms with Crippen LogP contribution in [0.3, 0.4) is 0 Å². The van der Waals surface area contributed by atoms with Crippen LogP contribution in [0.15, 0.2) is 85.5 Å². The lowest BCUT2D eigenvalue weighted by Gasteiger charge is -2.11. The van der Waals surface area contributed by atoms with E-state index < -0.39 is 24.5 Å². The fourth-order valence-electron chi connectivity index (χ4n) is 4.55. The SMILES string of the molecule is C=CC(=O)OCCCCOc1ccc2c(c1)C(C)c1cc(C(=O)Oc3ccc(OCCOC(=O)C(=C)CO)cc3)ccc1-2. The highest BCUT2D eigenvalue weighted by molar-refractivity contribution is 5.93. The Labute approximate surface area is 250 Å². The van der Waals surface area contributed by atoms with Crippen molar-refractivity contribution in [2.24, 2.45) is 0 Å². The van der Waals surface area contributed by atoms with Crippen LogP contribution >= 0.6 is 0 Å². The first-order valence-electron chi connectivity index (χ1n) is 13.9. The Morgan fingerprint density at radius 2 is 1.42 bits per heavy atom. The largest absolute Gasteiger partial charge is 0.494 e. The second kappa shape index (κ2) is 14.8. The van der Waals surface area contributed by atoms with Crippen LogP contribution in [0, 0.1) is 0 Å². The molecule has 9 heteroatoms. The lowest BCUT2D eigenvalue weighted by atomic mass is 9.98. The fraction of sp³-hybridized carbons (Fsp3) is 0.265. The smallest absolute Gasteiger partial charge is 0.343 e. The van der Waals surface area contributed by atoms with Gasteiger partial charge in [-0.25, -0.2) is 14.4 Å². The summed E-state index contributed by atoms with van der Waals surface area (Å²) < 4.78 is 26.9. The number of fused-ring (bicyclic) bond motifs is 3. The van der Waals surface area contributed by atoms with Crippen LogP contribution in [0.25, 0.3) is 11.1 Å². The third kappa shape index (κ3) is 8.11. The molecule has 0 fully saturated rings. The number of benzene rings is 3. The van der Waals surface area contributed by atoms with E-state index in [9.17, 15) is 14.4 Å². The third-order valence-electron chi connectivity index (χ3n) is 6.85. The minimum atomic E-state index is -0.675. The molecule has 0 spiro atoms. The van der Waals surface area contributed by atoms with Crippen molar-refractivity contribution >= 4 is 17.9 Å². The Bertz CT molecular complexity index is 1490. The number of esters is 3. The summed E-state index contributed by atoms with van der Waals surface area (Å²) in [4.78, 5) is 35.5. The minimum absolute atomic E-state index is 0.000144. The van der Waals surface area contributed by atoms with E-state index in [-0.39, 0.29) is 24.7 Å². The summed E-state index contributed by atoms with van der Waals surface area (Å²) in [5, 5.41) is 8.88. The Morgan fingerprint density at radius 3 is 2.14 bits per heavy atom. The molecule has 4 rings (SSSR count). The molecule has 0 bridgehead atoms. The maximum absolute atomic E-state index is 13.0. The second-order valence-electron chi connectivity index (χ2n) is 9.81. The van der Waals surface area contributed by atoms with Gasteiger partial charge in [0.2, 0.25) is 0 Å². The molecule has 3 aromatic carbocycles. The van der Waals surface area contributed by atoms with Crippen molar-refractivity contribution < 1.29 is 43.2 Å². The molecule has 1 N–H and O–H groups in total. The van der Waals surface area contributed by atoms with Crippen LogP contribution in [-0.2, 0) is 19.1 Å². The van der Waals surface area contributed by atoms with Gasteiger partial charge in [0.1, 0.15) is 30.5 Å². The average Bonchev–Trinajstić information content (AvgIpc) is 3.31. The van der Waals surface area contributed by atoms with E-state index in [4.69, 9.17) is 28.8 Å². The standard InChI is InChI=1S/C34H34O9/c1-4-32(36)41-16-6-5-15-39-27-12-14-29-28-13-7-24(19-30(28)23(3)31(29)20-27)34(38)43-26-10-8-25(9-11-26)40-17-18-42-33(37)22(2)21-35/h4,7-14,19-20,23,35H,1-2,5-6,15-18,21H2,3H3. The van der Waals surface area contributed by atoms with Crippen molar-refractivity contribution in [3.8, 4) is 28.4 Å². The number of hydrogen-bond acceptors (Lipinski definition) is 9. The van der Waals surface area contributed by atoms with Gasteiger partial charge in [0.05, 0.1) is 31.0 Å². The number of ether oxygens (including phenoxy) is 5. The number of unbranched alkanes of at least 4 members (excludes halogenated alkanes) is 1. The molecule has 1 atom stereocenters. The zero-order chi connectivity index (χ0) is 30.8. The summed E-state index contributed by atoms with van der Waals surface area (Å²) in [6, 6.07) is 18.1. The van der Waals surface area contributed by atoms with E-state index in [1.54, 1.807) is 30.3 Å². The van der Waals surface area contributed by atoms with Gasteiger partial charge in [-0.2, -0.15) is 0 Å². The molecule has 1 aliphatic carbocycles. The summed E-state index contributed by atoms with van der Waals surface area (Å²) in [5.41, 5.74) is 4.76. The van der Waals surface area contributed by atoms with Crippen molar-refractivity contribution in [3.63, 3.8) is 0 Å². The van der Waals surface area contributed by atoms with Crippen LogP contribution in [0.2, 0.25) is 0 Å². The Kier molecular flexibility index (Phi) is 10.7. The Hall–Kier alpha value is -4.89. The van der Waals surface area contributed by atoms with E-state index in [1.807, 2.05) is 30.3 Å². The highest BCUT2D eigenvalue weighted by atomic mass is 16.6. The number of carbonyl (C=O) groups is 3. The summed E-state index contributed by atoms with van der Waals surface area (Å²) >= 11 is 0. The highest BCUT2D eigenvalue weighted by Crippen LogP contribution is 2.46. The van der Waals surface area contributed by atoms with Crippen LogP contribution in [0.5, 0.6) is 17.2 Å². The van der Waals surface area contributed by atoms with Crippen LogP contribution in [0.4, 0.5) is 0 Å². The van der Waals surface area contributed by atoms with Crippen molar-refractivity contribution in [2.45, 2.75) is 25.7 Å². The first-order chi connectivity index (χ1) is 20.8. The van der Waals surface area contributed by atoms with Gasteiger partial charge in [0.25, 0.3) is 0 Å². The van der Waals surface area contributed by atoms with E-state index in [0.29, 0.717) is 36.7 Å². The zero-order valence-electron chi connectivity index (χ0n) is 24.0. The fourth-order valence-corrected chi connectivity index (χ4v) is 4.55. The summed E-state index contributed by atoms with van der Waals surface area (Å²) in [6.45, 7) is 9.36. The Morgan fingerprint density at radius 1 is 0.791 bits per heavy atom. The van der Waals surface area contributed by atoms with E-state index >= 15 is 0 Å². The molecule has 0 radical (unpaired) electrons. The van der Waals surface area contributed by atoms with Crippen molar-refractivity contribution in [1.29, 1.82) is 0 Å². The van der Waals surface area contributed by atoms with Crippen LogP contribution in [-0.4, -0.2) is 56.0 Å². The molecule has 0 saturated heterocycles. The zero-order valence-corrected chi connectivity index (χ0v) is 24.0. The van der Waals surface area contributed by atoms with Gasteiger partial charge in [-0.3, -0.25) is 0 Å². The van der Waals surface area contributed by atoms with Gasteiger partial charge in [0, 0.05) is 12.0 Å². The molecule has 9 nitrogen and oxygen atoms in total. The lowest BCUT2D eigenvalue weighted by molar-refractivity contribution is -0.140. The van der Waals surface area contributed by atoms with Crippen molar-refractivity contribution in [2.75, 3.05) is 33.0 Å². The van der Waals surface area contributed by atoms with Gasteiger partial charge in [0.15, 0.2) is 0 Å². The average molecular weight is 587 g/mol. The maximum atomic E-state index is 13.0. The number of aliphatic hydroxyl groups excluding tert-OH is 1. The molecular weight excluding hydrogens is 552 g/mol. The first-order valence-corrected chi connectivity index (χ1v) is 13.9. The quantitative estimate of drug-likeness (QED) is 0.108. The van der Waals surface area contributed by atoms with Crippen molar-refractivity contribution in [3.05, 3.63) is 102 Å². The predicted molar refractivity (Wildman–Crippen MR) is 159 cm³/mol. The molecule has 224 valence electrons. The predicted octanol–water partition coefficient (Wildman–Crippen LogP) is 5.40. The number of rotatable bonds is 15. The number of aliphatic hydroxyl groups is 1. The Balaban J connectivity index is 1.28. The number of carbonyl (C=O) groups excluding carboxylic acids is 3.